The fourth-order valence-corrected chi connectivity index (χ4v) is 3.48. The molecule has 1 atom stereocenters. The van der Waals surface area contributed by atoms with Crippen molar-refractivity contribution in [3.63, 3.8) is 0 Å². The van der Waals surface area contributed by atoms with Gasteiger partial charge in [0, 0.05) is 25.7 Å². The summed E-state index contributed by atoms with van der Waals surface area (Å²) in [5.74, 6) is -0.568. The lowest BCUT2D eigenvalue weighted by Gasteiger charge is -2.35. The minimum atomic E-state index is -4.44. The first-order chi connectivity index (χ1) is 13.8. The van der Waals surface area contributed by atoms with E-state index < -0.39 is 30.8 Å². The van der Waals surface area contributed by atoms with Gasteiger partial charge in [-0.15, -0.1) is 0 Å². The minimum absolute atomic E-state index is 0.167. The van der Waals surface area contributed by atoms with E-state index >= 15 is 0 Å². The third-order valence-electron chi connectivity index (χ3n) is 4.85. The van der Waals surface area contributed by atoms with Crippen molar-refractivity contribution >= 4 is 29.1 Å². The highest BCUT2D eigenvalue weighted by atomic mass is 19.4. The summed E-state index contributed by atoms with van der Waals surface area (Å²) in [5.41, 5.74) is 0.572. The van der Waals surface area contributed by atoms with Crippen LogP contribution in [0, 0.1) is 0 Å². The smallest absolute Gasteiger partial charge is 0.365 e. The summed E-state index contributed by atoms with van der Waals surface area (Å²) >= 11 is 0. The number of hydrogen-bond donors (Lipinski definition) is 1. The number of nitrogens with zero attached hydrogens (tertiary/aromatic N) is 5. The van der Waals surface area contributed by atoms with E-state index in [1.54, 1.807) is 18.2 Å². The summed E-state index contributed by atoms with van der Waals surface area (Å²) in [6.07, 6.45) is -2.80. The third kappa shape index (κ3) is 3.98. The number of alkyl halides is 3. The molecule has 29 heavy (non-hydrogen) atoms. The Balaban J connectivity index is 1.62. The lowest BCUT2D eigenvalue weighted by Crippen LogP contribution is -2.48. The number of fused-ring (bicyclic) bond motifs is 4. The van der Waals surface area contributed by atoms with Gasteiger partial charge in [0.1, 0.15) is 5.82 Å². The number of carbonyl (C=O) groups is 2. The summed E-state index contributed by atoms with van der Waals surface area (Å²) in [5, 5.41) is 2.69. The molecule has 2 aliphatic heterocycles. The van der Waals surface area contributed by atoms with Crippen LogP contribution in [0.5, 0.6) is 0 Å². The van der Waals surface area contributed by atoms with Crippen molar-refractivity contribution in [2.75, 3.05) is 28.2 Å². The van der Waals surface area contributed by atoms with E-state index in [0.717, 1.165) is 0 Å². The van der Waals surface area contributed by atoms with Crippen LogP contribution in [0.3, 0.4) is 0 Å². The highest BCUT2D eigenvalue weighted by Crippen LogP contribution is 2.38. The van der Waals surface area contributed by atoms with E-state index in [1.165, 1.54) is 17.3 Å². The number of Topliss-reactive ketones (excluding diaryl/α,β-unsaturated/α-hetero) is 1. The first-order valence-electron chi connectivity index (χ1n) is 9.05. The van der Waals surface area contributed by atoms with Crippen molar-refractivity contribution < 1.29 is 22.8 Å². The molecule has 1 N–H and O–H groups in total. The number of amides is 2. The standard InChI is InChI=1S/C18H17F3N6O2/c19-18(20,21)6-4-13(28)15-23-9-12-16(25-15)27(11-5-8-26(12)10-11)17(29)24-14-3-1-2-7-22-14/h1-3,7,9,11H,4-6,8,10H2,(H,22,24,29)/t11-/m0/s1. The van der Waals surface area contributed by atoms with E-state index in [4.69, 9.17) is 0 Å². The molecular formula is C18H17F3N6O2. The van der Waals surface area contributed by atoms with Gasteiger partial charge in [0.2, 0.25) is 0 Å². The van der Waals surface area contributed by atoms with Gasteiger partial charge >= 0.3 is 12.2 Å². The number of halogens is 3. The first-order valence-corrected chi connectivity index (χ1v) is 9.05. The van der Waals surface area contributed by atoms with Gasteiger partial charge in [-0.1, -0.05) is 6.07 Å². The van der Waals surface area contributed by atoms with Gasteiger partial charge in [0.15, 0.2) is 17.4 Å². The predicted octanol–water partition coefficient (Wildman–Crippen LogP) is 3.03. The maximum absolute atomic E-state index is 12.9. The highest BCUT2D eigenvalue weighted by molar-refractivity contribution is 6.04. The lowest BCUT2D eigenvalue weighted by molar-refractivity contribution is -0.133. The van der Waals surface area contributed by atoms with Crippen LogP contribution in [-0.2, 0) is 0 Å². The number of carbonyl (C=O) groups excluding carboxylic acids is 2. The monoisotopic (exact) mass is 406 g/mol. The predicted molar refractivity (Wildman–Crippen MR) is 98.0 cm³/mol. The van der Waals surface area contributed by atoms with Crippen LogP contribution in [0.4, 0.5) is 35.3 Å². The van der Waals surface area contributed by atoms with Crippen LogP contribution < -0.4 is 15.1 Å². The van der Waals surface area contributed by atoms with Gasteiger partial charge in [-0.25, -0.2) is 19.7 Å². The molecule has 2 aromatic rings. The Bertz CT molecular complexity index is 937. The molecule has 1 saturated heterocycles. The lowest BCUT2D eigenvalue weighted by atomic mass is 10.2. The average Bonchev–Trinajstić information content (AvgIpc) is 3.10. The first kappa shape index (κ1) is 19.1. The van der Waals surface area contributed by atoms with E-state index in [9.17, 15) is 22.8 Å². The number of aromatic nitrogens is 3. The molecule has 0 saturated carbocycles. The van der Waals surface area contributed by atoms with Crippen LogP contribution >= 0.6 is 0 Å². The van der Waals surface area contributed by atoms with Gasteiger partial charge in [0.25, 0.3) is 0 Å². The van der Waals surface area contributed by atoms with E-state index in [-0.39, 0.29) is 17.7 Å². The maximum atomic E-state index is 12.9. The Kier molecular flexibility index (Phi) is 4.81. The van der Waals surface area contributed by atoms with E-state index in [2.05, 4.69) is 20.3 Å². The molecule has 2 bridgehead atoms. The largest absolute Gasteiger partial charge is 0.389 e. The van der Waals surface area contributed by atoms with E-state index in [1.807, 2.05) is 4.90 Å². The second-order valence-corrected chi connectivity index (χ2v) is 6.84. The Morgan fingerprint density at radius 3 is 2.79 bits per heavy atom. The quantitative estimate of drug-likeness (QED) is 0.785. The molecule has 2 amide bonds. The summed E-state index contributed by atoms with van der Waals surface area (Å²) in [6, 6.07) is 4.44. The molecule has 0 aromatic carbocycles. The molecule has 0 aliphatic carbocycles. The second kappa shape index (κ2) is 7.30. The molecule has 152 valence electrons. The molecule has 2 aliphatic rings. The molecule has 1 fully saturated rings. The van der Waals surface area contributed by atoms with Gasteiger partial charge in [-0.05, 0) is 18.6 Å². The zero-order valence-electron chi connectivity index (χ0n) is 15.2. The van der Waals surface area contributed by atoms with Gasteiger partial charge < -0.3 is 4.90 Å². The summed E-state index contributed by atoms with van der Waals surface area (Å²) < 4.78 is 37.3. The SMILES string of the molecule is O=C(CCC(F)(F)F)c1ncc2c(n1)N(C(=O)Nc1ccccn1)[C@H]1CCN2C1. The number of anilines is 3. The number of hydrogen-bond acceptors (Lipinski definition) is 6. The molecule has 0 radical (unpaired) electrons. The third-order valence-corrected chi connectivity index (χ3v) is 4.85. The molecule has 4 heterocycles. The number of rotatable bonds is 4. The van der Waals surface area contributed by atoms with Crippen LogP contribution in [0.1, 0.15) is 29.9 Å². The Morgan fingerprint density at radius 1 is 1.24 bits per heavy atom. The zero-order valence-corrected chi connectivity index (χ0v) is 15.2. The van der Waals surface area contributed by atoms with Gasteiger partial charge in [0.05, 0.1) is 24.3 Å². The average molecular weight is 406 g/mol. The number of ketones is 1. The van der Waals surface area contributed by atoms with Crippen molar-refractivity contribution in [2.24, 2.45) is 0 Å². The second-order valence-electron chi connectivity index (χ2n) is 6.84. The highest BCUT2D eigenvalue weighted by Gasteiger charge is 2.41. The van der Waals surface area contributed by atoms with Crippen molar-refractivity contribution in [3.05, 3.63) is 36.4 Å². The molecule has 2 aromatic heterocycles. The number of urea groups is 1. The summed E-state index contributed by atoms with van der Waals surface area (Å²) in [7, 11) is 0. The van der Waals surface area contributed by atoms with Crippen LogP contribution in [-0.4, -0.2) is 52.1 Å². The van der Waals surface area contributed by atoms with Crippen LogP contribution in [0.2, 0.25) is 0 Å². The van der Waals surface area contributed by atoms with Crippen LogP contribution in [0.25, 0.3) is 0 Å². The molecule has 0 spiro atoms. The topological polar surface area (TPSA) is 91.3 Å². The minimum Gasteiger partial charge on any atom is -0.365 e. The Labute approximate surface area is 163 Å². The maximum Gasteiger partial charge on any atom is 0.389 e. The Morgan fingerprint density at radius 2 is 2.07 bits per heavy atom. The fraction of sp³-hybridized carbons (Fsp3) is 0.389. The van der Waals surface area contributed by atoms with Crippen LogP contribution in [0.15, 0.2) is 30.6 Å². The Hall–Kier alpha value is -3.24. The molecule has 4 rings (SSSR count). The molecular weight excluding hydrogens is 389 g/mol. The summed E-state index contributed by atoms with van der Waals surface area (Å²) in [6.45, 7) is 1.28. The normalized spacial score (nSPS) is 17.8. The molecule has 0 unspecified atom stereocenters. The van der Waals surface area contributed by atoms with Crippen molar-refractivity contribution in [2.45, 2.75) is 31.5 Å². The molecule has 8 nitrogen and oxygen atoms in total. The summed E-state index contributed by atoms with van der Waals surface area (Å²) in [4.78, 5) is 40.7. The number of pyridine rings is 1. The molecule has 11 heteroatoms. The zero-order chi connectivity index (χ0) is 20.6. The van der Waals surface area contributed by atoms with Gasteiger partial charge in [-0.3, -0.25) is 15.0 Å². The van der Waals surface area contributed by atoms with Crippen molar-refractivity contribution in [1.82, 2.24) is 15.0 Å². The van der Waals surface area contributed by atoms with Crippen molar-refractivity contribution in [3.8, 4) is 0 Å². The van der Waals surface area contributed by atoms with E-state index in [0.29, 0.717) is 31.0 Å². The van der Waals surface area contributed by atoms with Crippen molar-refractivity contribution in [1.29, 1.82) is 0 Å². The number of nitrogens with one attached hydrogen (secondary N) is 1. The van der Waals surface area contributed by atoms with Gasteiger partial charge in [-0.2, -0.15) is 13.2 Å². The fourth-order valence-electron chi connectivity index (χ4n) is 3.48.